The second-order valence-electron chi connectivity index (χ2n) is 5.28. The van der Waals surface area contributed by atoms with Gasteiger partial charge in [0.1, 0.15) is 11.6 Å². The third-order valence-electron chi connectivity index (χ3n) is 3.47. The normalized spacial score (nSPS) is 12.8. The largest absolute Gasteiger partial charge is 0.207 e. The van der Waals surface area contributed by atoms with E-state index in [2.05, 4.69) is 29.8 Å². The van der Waals surface area contributed by atoms with E-state index >= 15 is 0 Å². The number of alkyl halides is 1. The van der Waals surface area contributed by atoms with Gasteiger partial charge in [-0.25, -0.2) is 8.78 Å². The molecule has 0 aliphatic rings. The first-order valence-electron chi connectivity index (χ1n) is 6.60. The van der Waals surface area contributed by atoms with Gasteiger partial charge in [-0.15, -0.1) is 0 Å². The zero-order valence-corrected chi connectivity index (χ0v) is 13.3. The standard InChI is InChI=1S/C17H17BrF2/c1-10(2)12-5-7-13(8-6-12)16(18)15-14(19)9-4-11(3)17(15)20/h4-10,16H,1-3H3. The molecule has 1 unspecified atom stereocenters. The number of rotatable bonds is 3. The van der Waals surface area contributed by atoms with Crippen LogP contribution in [0.1, 0.15) is 46.8 Å². The summed E-state index contributed by atoms with van der Waals surface area (Å²) in [5.41, 5.74) is 2.57. The maximum Gasteiger partial charge on any atom is 0.133 e. The molecule has 0 aliphatic carbocycles. The van der Waals surface area contributed by atoms with Crippen LogP contribution >= 0.6 is 15.9 Å². The van der Waals surface area contributed by atoms with Crippen molar-refractivity contribution in [2.24, 2.45) is 0 Å². The highest BCUT2D eigenvalue weighted by Gasteiger charge is 2.20. The van der Waals surface area contributed by atoms with E-state index in [-0.39, 0.29) is 5.56 Å². The minimum absolute atomic E-state index is 0.0716. The summed E-state index contributed by atoms with van der Waals surface area (Å²) in [6.45, 7) is 5.86. The maximum absolute atomic E-state index is 14.1. The highest BCUT2D eigenvalue weighted by molar-refractivity contribution is 9.09. The van der Waals surface area contributed by atoms with E-state index in [1.54, 1.807) is 6.92 Å². The second-order valence-corrected chi connectivity index (χ2v) is 6.19. The molecule has 0 bridgehead atoms. The lowest BCUT2D eigenvalue weighted by atomic mass is 9.97. The van der Waals surface area contributed by atoms with E-state index in [9.17, 15) is 8.78 Å². The van der Waals surface area contributed by atoms with E-state index in [0.29, 0.717) is 11.5 Å². The summed E-state index contributed by atoms with van der Waals surface area (Å²) in [7, 11) is 0. The first kappa shape index (κ1) is 15.2. The van der Waals surface area contributed by atoms with E-state index < -0.39 is 16.5 Å². The Labute approximate surface area is 127 Å². The molecule has 2 rings (SSSR count). The highest BCUT2D eigenvalue weighted by Crippen LogP contribution is 2.35. The molecule has 0 fully saturated rings. The average Bonchev–Trinajstić information content (AvgIpc) is 2.43. The fourth-order valence-corrected chi connectivity index (χ4v) is 2.85. The molecular formula is C17H17BrF2. The Bertz CT molecular complexity index is 603. The first-order chi connectivity index (χ1) is 9.41. The van der Waals surface area contributed by atoms with Gasteiger partial charge in [0, 0.05) is 5.56 Å². The predicted octanol–water partition coefficient (Wildman–Crippen LogP) is 5.88. The van der Waals surface area contributed by atoms with Crippen LogP contribution in [0.4, 0.5) is 8.78 Å². The van der Waals surface area contributed by atoms with Gasteiger partial charge in [0.05, 0.1) is 4.83 Å². The van der Waals surface area contributed by atoms with E-state index in [0.717, 1.165) is 5.56 Å². The van der Waals surface area contributed by atoms with Crippen molar-refractivity contribution < 1.29 is 8.78 Å². The van der Waals surface area contributed by atoms with Crippen LogP contribution in [-0.2, 0) is 0 Å². The highest BCUT2D eigenvalue weighted by atomic mass is 79.9. The monoisotopic (exact) mass is 338 g/mol. The molecular weight excluding hydrogens is 322 g/mol. The molecule has 20 heavy (non-hydrogen) atoms. The van der Waals surface area contributed by atoms with Crippen molar-refractivity contribution in [1.82, 2.24) is 0 Å². The number of benzene rings is 2. The van der Waals surface area contributed by atoms with Gasteiger partial charge < -0.3 is 0 Å². The number of hydrogen-bond acceptors (Lipinski definition) is 0. The molecule has 0 saturated carbocycles. The topological polar surface area (TPSA) is 0 Å². The lowest BCUT2D eigenvalue weighted by molar-refractivity contribution is 0.555. The lowest BCUT2D eigenvalue weighted by Crippen LogP contribution is -2.03. The minimum Gasteiger partial charge on any atom is -0.207 e. The summed E-state index contributed by atoms with van der Waals surface area (Å²) in [5, 5.41) is 0. The molecule has 2 aromatic carbocycles. The quantitative estimate of drug-likeness (QED) is 0.613. The summed E-state index contributed by atoms with van der Waals surface area (Å²) in [6, 6.07) is 10.6. The van der Waals surface area contributed by atoms with E-state index in [4.69, 9.17) is 0 Å². The number of halogens is 3. The molecule has 0 nitrogen and oxygen atoms in total. The van der Waals surface area contributed by atoms with Crippen molar-refractivity contribution in [3.05, 3.63) is 70.3 Å². The summed E-state index contributed by atoms with van der Waals surface area (Å²) < 4.78 is 28.0. The fraction of sp³-hybridized carbons (Fsp3) is 0.294. The Hall–Kier alpha value is -1.22. The molecule has 1 atom stereocenters. The van der Waals surface area contributed by atoms with E-state index in [1.807, 2.05) is 24.3 Å². The van der Waals surface area contributed by atoms with Crippen molar-refractivity contribution in [3.8, 4) is 0 Å². The van der Waals surface area contributed by atoms with Crippen molar-refractivity contribution in [2.75, 3.05) is 0 Å². The Kier molecular flexibility index (Phi) is 4.59. The summed E-state index contributed by atoms with van der Waals surface area (Å²) in [5.74, 6) is -0.576. The molecule has 0 spiro atoms. The van der Waals surface area contributed by atoms with Crippen molar-refractivity contribution >= 4 is 15.9 Å². The van der Waals surface area contributed by atoms with Gasteiger partial charge in [-0.1, -0.05) is 60.1 Å². The SMILES string of the molecule is Cc1ccc(F)c(C(Br)c2ccc(C(C)C)cc2)c1F. The smallest absolute Gasteiger partial charge is 0.133 e. The predicted molar refractivity (Wildman–Crippen MR) is 82.4 cm³/mol. The van der Waals surface area contributed by atoms with Gasteiger partial charge in [0.25, 0.3) is 0 Å². The summed E-state index contributed by atoms with van der Waals surface area (Å²) >= 11 is 3.41. The first-order valence-corrected chi connectivity index (χ1v) is 7.51. The zero-order valence-electron chi connectivity index (χ0n) is 11.8. The van der Waals surface area contributed by atoms with Crippen LogP contribution in [0.15, 0.2) is 36.4 Å². The molecule has 0 amide bonds. The number of aryl methyl sites for hydroxylation is 1. The van der Waals surface area contributed by atoms with Gasteiger partial charge in [-0.05, 0) is 35.6 Å². The van der Waals surface area contributed by atoms with Crippen molar-refractivity contribution in [1.29, 1.82) is 0 Å². The van der Waals surface area contributed by atoms with Gasteiger partial charge in [-0.3, -0.25) is 0 Å². The van der Waals surface area contributed by atoms with Gasteiger partial charge >= 0.3 is 0 Å². The third-order valence-corrected chi connectivity index (χ3v) is 4.46. The summed E-state index contributed by atoms with van der Waals surface area (Å²) in [4.78, 5) is -0.483. The van der Waals surface area contributed by atoms with E-state index in [1.165, 1.54) is 17.7 Å². The molecule has 0 radical (unpaired) electrons. The molecule has 0 N–H and O–H groups in total. The van der Waals surface area contributed by atoms with Gasteiger partial charge in [0.2, 0.25) is 0 Å². The van der Waals surface area contributed by atoms with Crippen LogP contribution in [0.2, 0.25) is 0 Å². The molecule has 0 heterocycles. The molecule has 106 valence electrons. The van der Waals surface area contributed by atoms with Crippen LogP contribution in [-0.4, -0.2) is 0 Å². The van der Waals surface area contributed by atoms with Crippen LogP contribution in [0.25, 0.3) is 0 Å². The zero-order chi connectivity index (χ0) is 14.9. The molecule has 0 aromatic heterocycles. The Morgan fingerprint density at radius 1 is 0.900 bits per heavy atom. The van der Waals surface area contributed by atoms with Crippen LogP contribution in [0.3, 0.4) is 0 Å². The van der Waals surface area contributed by atoms with Gasteiger partial charge in [-0.2, -0.15) is 0 Å². The average molecular weight is 339 g/mol. The van der Waals surface area contributed by atoms with Crippen molar-refractivity contribution in [2.45, 2.75) is 31.5 Å². The lowest BCUT2D eigenvalue weighted by Gasteiger charge is -2.15. The summed E-state index contributed by atoms with van der Waals surface area (Å²) in [6.07, 6.45) is 0. The molecule has 0 saturated heterocycles. The van der Waals surface area contributed by atoms with Crippen LogP contribution in [0, 0.1) is 18.6 Å². The van der Waals surface area contributed by atoms with Crippen LogP contribution < -0.4 is 0 Å². The Morgan fingerprint density at radius 2 is 1.45 bits per heavy atom. The molecule has 2 aromatic rings. The Balaban J connectivity index is 2.41. The Morgan fingerprint density at radius 3 is 2.00 bits per heavy atom. The fourth-order valence-electron chi connectivity index (χ4n) is 2.13. The van der Waals surface area contributed by atoms with Crippen molar-refractivity contribution in [3.63, 3.8) is 0 Å². The van der Waals surface area contributed by atoms with Gasteiger partial charge in [0.15, 0.2) is 0 Å². The molecule has 3 heteroatoms. The number of hydrogen-bond donors (Lipinski definition) is 0. The third kappa shape index (κ3) is 2.93. The minimum atomic E-state index is -0.525. The van der Waals surface area contributed by atoms with Crippen LogP contribution in [0.5, 0.6) is 0 Å². The second kappa shape index (κ2) is 6.04. The maximum atomic E-state index is 14.1. The molecule has 0 aliphatic heterocycles.